The average Bonchev–Trinajstić information content (AvgIpc) is 2.43. The van der Waals surface area contributed by atoms with E-state index in [0.29, 0.717) is 0 Å². The van der Waals surface area contributed by atoms with Crippen LogP contribution in [0, 0.1) is 0 Å². The van der Waals surface area contributed by atoms with Gasteiger partial charge >= 0.3 is 0 Å². The van der Waals surface area contributed by atoms with Crippen LogP contribution in [0.1, 0.15) is 18.9 Å². The van der Waals surface area contributed by atoms with Crippen LogP contribution >= 0.6 is 12.4 Å². The molecule has 16 heavy (non-hydrogen) atoms. The zero-order valence-electron chi connectivity index (χ0n) is 8.84. The van der Waals surface area contributed by atoms with Crippen LogP contribution in [0.25, 0.3) is 0 Å². The highest BCUT2D eigenvalue weighted by molar-refractivity contribution is 5.85. The summed E-state index contributed by atoms with van der Waals surface area (Å²) in [6.07, 6.45) is -0.197. The lowest BCUT2D eigenvalue weighted by Crippen LogP contribution is -2.46. The highest BCUT2D eigenvalue weighted by Gasteiger charge is 2.55. The molecule has 0 radical (unpaired) electrons. The Morgan fingerprint density at radius 1 is 1.31 bits per heavy atom. The van der Waals surface area contributed by atoms with Gasteiger partial charge in [-0.3, -0.25) is 0 Å². The number of aromatic hydroxyl groups is 1. The van der Waals surface area contributed by atoms with Crippen LogP contribution in [0.15, 0.2) is 24.3 Å². The third-order valence-electron chi connectivity index (χ3n) is 3.09. The first-order chi connectivity index (χ1) is 6.97. The molecule has 2 rings (SSSR count). The minimum absolute atomic E-state index is 0. The second-order valence-corrected chi connectivity index (χ2v) is 4.02. The largest absolute Gasteiger partial charge is 0.508 e. The van der Waals surface area contributed by atoms with Crippen molar-refractivity contribution in [2.45, 2.75) is 24.8 Å². The minimum Gasteiger partial charge on any atom is -0.508 e. The average molecular weight is 250 g/mol. The molecule has 1 heterocycles. The summed E-state index contributed by atoms with van der Waals surface area (Å²) in [6.45, 7) is 1.69. The first kappa shape index (κ1) is 13.2. The standard InChI is InChI=1S/C11H13F2NO.ClH/c1-10(11(12,13)6-7-14-10)8-4-2-3-5-9(8)15;/h2-5,14-15H,6-7H2,1H3;1H. The highest BCUT2D eigenvalue weighted by atomic mass is 35.5. The molecule has 1 unspecified atom stereocenters. The van der Waals surface area contributed by atoms with E-state index in [0.717, 1.165) is 0 Å². The molecule has 0 bridgehead atoms. The zero-order chi connectivity index (χ0) is 11.1. The Labute approximate surface area is 99.1 Å². The molecule has 2 N–H and O–H groups in total. The number of halogens is 3. The Bertz CT molecular complexity index is 386. The van der Waals surface area contributed by atoms with E-state index < -0.39 is 11.5 Å². The van der Waals surface area contributed by atoms with Crippen molar-refractivity contribution in [1.82, 2.24) is 5.32 Å². The summed E-state index contributed by atoms with van der Waals surface area (Å²) in [4.78, 5) is 0. The molecule has 0 spiro atoms. The van der Waals surface area contributed by atoms with Gasteiger partial charge < -0.3 is 10.4 Å². The lowest BCUT2D eigenvalue weighted by atomic mass is 9.86. The molecule has 1 atom stereocenters. The summed E-state index contributed by atoms with van der Waals surface area (Å²) in [5, 5.41) is 12.4. The molecule has 1 fully saturated rings. The molecule has 0 saturated carbocycles. The molecular weight excluding hydrogens is 236 g/mol. The van der Waals surface area contributed by atoms with Gasteiger partial charge in [0, 0.05) is 18.5 Å². The van der Waals surface area contributed by atoms with Gasteiger partial charge in [0.25, 0.3) is 5.92 Å². The van der Waals surface area contributed by atoms with Gasteiger partial charge in [0.15, 0.2) is 0 Å². The van der Waals surface area contributed by atoms with Crippen molar-refractivity contribution in [1.29, 1.82) is 0 Å². The summed E-state index contributed by atoms with van der Waals surface area (Å²) in [5.74, 6) is -2.92. The maximum Gasteiger partial charge on any atom is 0.271 e. The first-order valence-electron chi connectivity index (χ1n) is 4.89. The Morgan fingerprint density at radius 2 is 1.94 bits per heavy atom. The van der Waals surface area contributed by atoms with E-state index in [1.54, 1.807) is 12.1 Å². The van der Waals surface area contributed by atoms with Gasteiger partial charge in [-0.05, 0) is 13.0 Å². The van der Waals surface area contributed by atoms with E-state index in [2.05, 4.69) is 5.32 Å². The second-order valence-electron chi connectivity index (χ2n) is 4.02. The third kappa shape index (κ3) is 1.76. The van der Waals surface area contributed by atoms with Crippen molar-refractivity contribution in [3.8, 4) is 5.75 Å². The van der Waals surface area contributed by atoms with E-state index >= 15 is 0 Å². The quantitative estimate of drug-likeness (QED) is 0.802. The van der Waals surface area contributed by atoms with Crippen LogP contribution < -0.4 is 5.32 Å². The molecule has 1 aromatic rings. The van der Waals surface area contributed by atoms with Crippen molar-refractivity contribution in [2.75, 3.05) is 6.54 Å². The van der Waals surface area contributed by atoms with E-state index in [-0.39, 0.29) is 36.7 Å². The van der Waals surface area contributed by atoms with Crippen molar-refractivity contribution < 1.29 is 13.9 Å². The maximum atomic E-state index is 13.7. The molecular formula is C11H14ClF2NO. The van der Waals surface area contributed by atoms with E-state index in [4.69, 9.17) is 0 Å². The lowest BCUT2D eigenvalue weighted by Gasteiger charge is -2.32. The molecule has 90 valence electrons. The highest BCUT2D eigenvalue weighted by Crippen LogP contribution is 2.46. The molecule has 5 heteroatoms. The van der Waals surface area contributed by atoms with Crippen molar-refractivity contribution in [3.63, 3.8) is 0 Å². The summed E-state index contributed by atoms with van der Waals surface area (Å²) in [6, 6.07) is 6.23. The zero-order valence-corrected chi connectivity index (χ0v) is 9.65. The fraction of sp³-hybridized carbons (Fsp3) is 0.455. The lowest BCUT2D eigenvalue weighted by molar-refractivity contribution is -0.0566. The molecule has 0 aliphatic carbocycles. The topological polar surface area (TPSA) is 32.3 Å². The fourth-order valence-electron chi connectivity index (χ4n) is 2.04. The number of nitrogens with one attached hydrogen (secondary N) is 1. The number of phenols is 1. The van der Waals surface area contributed by atoms with Crippen molar-refractivity contribution in [2.24, 2.45) is 0 Å². The number of hydrogen-bond donors (Lipinski definition) is 2. The fourth-order valence-corrected chi connectivity index (χ4v) is 2.04. The number of hydrogen-bond acceptors (Lipinski definition) is 2. The first-order valence-corrected chi connectivity index (χ1v) is 4.89. The van der Waals surface area contributed by atoms with Gasteiger partial charge in [-0.25, -0.2) is 8.78 Å². The normalized spacial score (nSPS) is 27.4. The van der Waals surface area contributed by atoms with Crippen LogP contribution in [0.4, 0.5) is 8.78 Å². The Morgan fingerprint density at radius 3 is 2.44 bits per heavy atom. The van der Waals surface area contributed by atoms with Crippen LogP contribution in [-0.2, 0) is 5.54 Å². The molecule has 1 saturated heterocycles. The van der Waals surface area contributed by atoms with E-state index in [1.165, 1.54) is 19.1 Å². The van der Waals surface area contributed by atoms with Crippen LogP contribution in [0.5, 0.6) is 5.75 Å². The molecule has 1 aliphatic rings. The number of phenolic OH excluding ortho intramolecular Hbond substituents is 1. The molecule has 1 aliphatic heterocycles. The third-order valence-corrected chi connectivity index (χ3v) is 3.09. The van der Waals surface area contributed by atoms with Gasteiger partial charge in [0.05, 0.1) is 0 Å². The Kier molecular flexibility index (Phi) is 3.45. The Balaban J connectivity index is 0.00000128. The van der Waals surface area contributed by atoms with Gasteiger partial charge in [0.2, 0.25) is 0 Å². The SMILES string of the molecule is CC1(c2ccccc2O)NCCC1(F)F.Cl. The number of alkyl halides is 2. The predicted molar refractivity (Wildman–Crippen MR) is 60.3 cm³/mol. The number of benzene rings is 1. The van der Waals surface area contributed by atoms with Crippen LogP contribution in [-0.4, -0.2) is 17.6 Å². The van der Waals surface area contributed by atoms with Gasteiger partial charge in [-0.1, -0.05) is 18.2 Å². The second kappa shape index (κ2) is 4.18. The van der Waals surface area contributed by atoms with Gasteiger partial charge in [-0.15, -0.1) is 12.4 Å². The van der Waals surface area contributed by atoms with Crippen molar-refractivity contribution in [3.05, 3.63) is 29.8 Å². The minimum atomic E-state index is -2.83. The van der Waals surface area contributed by atoms with E-state index in [9.17, 15) is 13.9 Å². The summed E-state index contributed by atoms with van der Waals surface area (Å²) < 4.78 is 27.4. The van der Waals surface area contributed by atoms with Gasteiger partial charge in [0.1, 0.15) is 11.3 Å². The maximum absolute atomic E-state index is 13.7. The monoisotopic (exact) mass is 249 g/mol. The van der Waals surface area contributed by atoms with Crippen LogP contribution in [0.2, 0.25) is 0 Å². The molecule has 1 aromatic carbocycles. The smallest absolute Gasteiger partial charge is 0.271 e. The summed E-state index contributed by atoms with van der Waals surface area (Å²) in [5.41, 5.74) is -1.20. The van der Waals surface area contributed by atoms with Crippen LogP contribution in [0.3, 0.4) is 0 Å². The molecule has 0 amide bonds. The summed E-state index contributed by atoms with van der Waals surface area (Å²) in [7, 11) is 0. The van der Waals surface area contributed by atoms with Gasteiger partial charge in [-0.2, -0.15) is 0 Å². The number of rotatable bonds is 1. The predicted octanol–water partition coefficient (Wildman–Crippen LogP) is 2.66. The molecule has 0 aromatic heterocycles. The van der Waals surface area contributed by atoms with Crippen molar-refractivity contribution >= 4 is 12.4 Å². The van der Waals surface area contributed by atoms with E-state index in [1.807, 2.05) is 0 Å². The summed E-state index contributed by atoms with van der Waals surface area (Å²) >= 11 is 0. The number of para-hydroxylation sites is 1. The Hall–Kier alpha value is -0.870. The molecule has 2 nitrogen and oxygen atoms in total.